The van der Waals surface area contributed by atoms with Gasteiger partial charge in [0.2, 0.25) is 5.91 Å². The molecule has 1 aliphatic heterocycles. The number of nitrogens with zero attached hydrogens (tertiary/aromatic N) is 1. The van der Waals surface area contributed by atoms with Crippen molar-refractivity contribution in [2.24, 2.45) is 5.92 Å². The maximum absolute atomic E-state index is 12.5. The molecule has 29 heavy (non-hydrogen) atoms. The zero-order valence-electron chi connectivity index (χ0n) is 20.4. The SMILES string of the molecule is CCN1C/C(C)=C\[C@@H](C)[C@H](O[Si](C)(C)C(C)(C)C)[C@@H](OC)/C=C/CCCCC1=O. The molecule has 3 atom stereocenters. The molecule has 168 valence electrons. The van der Waals surface area contributed by atoms with Gasteiger partial charge < -0.3 is 14.1 Å². The summed E-state index contributed by atoms with van der Waals surface area (Å²) in [4.78, 5) is 14.5. The summed E-state index contributed by atoms with van der Waals surface area (Å²) in [6.45, 7) is 19.3. The Morgan fingerprint density at radius 2 is 1.90 bits per heavy atom. The van der Waals surface area contributed by atoms with Gasteiger partial charge in [-0.15, -0.1) is 0 Å². The molecule has 5 heteroatoms. The summed E-state index contributed by atoms with van der Waals surface area (Å²) < 4.78 is 12.8. The van der Waals surface area contributed by atoms with Gasteiger partial charge in [-0.1, -0.05) is 51.5 Å². The van der Waals surface area contributed by atoms with Crippen LogP contribution in [0.4, 0.5) is 0 Å². The smallest absolute Gasteiger partial charge is 0.222 e. The van der Waals surface area contributed by atoms with E-state index in [2.05, 4.69) is 72.9 Å². The lowest BCUT2D eigenvalue weighted by atomic mass is 9.96. The van der Waals surface area contributed by atoms with Crippen LogP contribution in [0, 0.1) is 5.92 Å². The number of ether oxygens (including phenoxy) is 1. The summed E-state index contributed by atoms with van der Waals surface area (Å²) >= 11 is 0. The number of allylic oxidation sites excluding steroid dienone is 1. The van der Waals surface area contributed by atoms with Crippen LogP contribution < -0.4 is 0 Å². The van der Waals surface area contributed by atoms with Crippen LogP contribution in [0.25, 0.3) is 0 Å². The average Bonchev–Trinajstić information content (AvgIpc) is 2.62. The summed E-state index contributed by atoms with van der Waals surface area (Å²) in [6, 6.07) is 0. The third kappa shape index (κ3) is 8.03. The summed E-state index contributed by atoms with van der Waals surface area (Å²) in [5.41, 5.74) is 1.22. The van der Waals surface area contributed by atoms with Crippen molar-refractivity contribution in [1.82, 2.24) is 4.90 Å². The first-order chi connectivity index (χ1) is 13.4. The van der Waals surface area contributed by atoms with Crippen molar-refractivity contribution in [3.63, 3.8) is 0 Å². The Balaban J connectivity index is 3.24. The molecule has 0 aromatic heterocycles. The molecule has 0 aromatic rings. The standard InChI is InChI=1S/C24H45NO3Si/c1-10-25-18-19(2)17-20(3)23(28-29(8,9)24(4,5)6)21(27-7)15-13-11-12-14-16-22(25)26/h13,15,17,20-21,23H,10-12,14,16,18H2,1-9H3/b15-13+,19-17-/t20-,21+,23+/m1/s1. The van der Waals surface area contributed by atoms with Crippen LogP contribution in [-0.4, -0.2) is 51.5 Å². The maximum Gasteiger partial charge on any atom is 0.222 e. The van der Waals surface area contributed by atoms with Crippen molar-refractivity contribution in [3.8, 4) is 0 Å². The van der Waals surface area contributed by atoms with Crippen molar-refractivity contribution in [3.05, 3.63) is 23.8 Å². The van der Waals surface area contributed by atoms with Crippen LogP contribution >= 0.6 is 0 Å². The van der Waals surface area contributed by atoms with E-state index in [-0.39, 0.29) is 29.1 Å². The molecule has 0 fully saturated rings. The summed E-state index contributed by atoms with van der Waals surface area (Å²) in [6.07, 6.45) is 10.1. The van der Waals surface area contributed by atoms with Gasteiger partial charge in [0.1, 0.15) is 6.10 Å². The van der Waals surface area contributed by atoms with Gasteiger partial charge in [0.25, 0.3) is 0 Å². The number of hydrogen-bond donors (Lipinski definition) is 0. The highest BCUT2D eigenvalue weighted by molar-refractivity contribution is 6.74. The van der Waals surface area contributed by atoms with Crippen LogP contribution in [0.15, 0.2) is 23.8 Å². The number of hydrogen-bond acceptors (Lipinski definition) is 3. The van der Waals surface area contributed by atoms with Crippen LogP contribution in [0.3, 0.4) is 0 Å². The van der Waals surface area contributed by atoms with Crippen molar-refractivity contribution >= 4 is 14.2 Å². The highest BCUT2D eigenvalue weighted by Crippen LogP contribution is 2.39. The van der Waals surface area contributed by atoms with Crippen molar-refractivity contribution in [1.29, 1.82) is 0 Å². The second-order valence-corrected chi connectivity index (χ2v) is 14.8. The minimum atomic E-state index is -1.96. The fraction of sp³-hybridized carbons (Fsp3) is 0.792. The normalized spacial score (nSPS) is 29.1. The average molecular weight is 424 g/mol. The van der Waals surface area contributed by atoms with E-state index in [1.807, 2.05) is 4.90 Å². The molecule has 4 nitrogen and oxygen atoms in total. The van der Waals surface area contributed by atoms with E-state index in [9.17, 15) is 4.79 Å². The van der Waals surface area contributed by atoms with Gasteiger partial charge in [0.15, 0.2) is 8.32 Å². The van der Waals surface area contributed by atoms with Gasteiger partial charge in [-0.25, -0.2) is 0 Å². The minimum Gasteiger partial charge on any atom is -0.410 e. The molecule has 1 aliphatic rings. The zero-order valence-corrected chi connectivity index (χ0v) is 21.4. The molecule has 0 radical (unpaired) electrons. The van der Waals surface area contributed by atoms with E-state index in [1.165, 1.54) is 5.57 Å². The molecule has 0 N–H and O–H groups in total. The number of amides is 1. The fourth-order valence-corrected chi connectivity index (χ4v) is 4.90. The first kappa shape index (κ1) is 26.1. The van der Waals surface area contributed by atoms with E-state index in [1.54, 1.807) is 7.11 Å². The molecule has 0 unspecified atom stereocenters. The van der Waals surface area contributed by atoms with E-state index < -0.39 is 8.32 Å². The Bertz CT molecular complexity index is 577. The molecule has 1 heterocycles. The summed E-state index contributed by atoms with van der Waals surface area (Å²) in [5.74, 6) is 0.452. The van der Waals surface area contributed by atoms with Crippen LogP contribution in [0.2, 0.25) is 18.1 Å². The number of carbonyl (C=O) groups excluding carboxylic acids is 1. The topological polar surface area (TPSA) is 38.8 Å². The minimum absolute atomic E-state index is 0.0409. The van der Waals surface area contributed by atoms with Gasteiger partial charge in [0, 0.05) is 32.5 Å². The van der Waals surface area contributed by atoms with Gasteiger partial charge >= 0.3 is 0 Å². The summed E-state index contributed by atoms with van der Waals surface area (Å²) in [5, 5.41) is 0.137. The predicted molar refractivity (Wildman–Crippen MR) is 126 cm³/mol. The predicted octanol–water partition coefficient (Wildman–Crippen LogP) is 5.95. The van der Waals surface area contributed by atoms with Gasteiger partial charge in [0.05, 0.1) is 6.10 Å². The number of carbonyl (C=O) groups is 1. The van der Waals surface area contributed by atoms with Crippen LogP contribution in [0.5, 0.6) is 0 Å². The summed E-state index contributed by atoms with van der Waals surface area (Å²) in [7, 11) is -0.183. The lowest BCUT2D eigenvalue weighted by Crippen LogP contribution is -2.49. The van der Waals surface area contributed by atoms with Crippen molar-refractivity contribution < 1.29 is 14.0 Å². The highest BCUT2D eigenvalue weighted by Gasteiger charge is 2.41. The van der Waals surface area contributed by atoms with E-state index in [0.29, 0.717) is 13.0 Å². The van der Waals surface area contributed by atoms with Gasteiger partial charge in [-0.3, -0.25) is 4.79 Å². The number of rotatable bonds is 4. The molecule has 1 rings (SSSR count). The molecular formula is C24H45NO3Si. The highest BCUT2D eigenvalue weighted by atomic mass is 28.4. The second-order valence-electron chi connectivity index (χ2n) is 10.00. The second kappa shape index (κ2) is 11.5. The Kier molecular flexibility index (Phi) is 10.3. The lowest BCUT2D eigenvalue weighted by Gasteiger charge is -2.42. The molecular weight excluding hydrogens is 378 g/mol. The lowest BCUT2D eigenvalue weighted by molar-refractivity contribution is -0.130. The van der Waals surface area contributed by atoms with Gasteiger partial charge in [-0.2, -0.15) is 0 Å². The molecule has 1 amide bonds. The van der Waals surface area contributed by atoms with E-state index in [0.717, 1.165) is 25.8 Å². The Hall–Kier alpha value is -0.913. The van der Waals surface area contributed by atoms with Crippen LogP contribution in [-0.2, 0) is 14.0 Å². The third-order valence-electron chi connectivity index (χ3n) is 6.41. The number of likely N-dealkylation sites (N-methyl/N-ethyl adjacent to an activating group) is 1. The monoisotopic (exact) mass is 423 g/mol. The first-order valence-electron chi connectivity index (χ1n) is 11.2. The zero-order chi connectivity index (χ0) is 22.2. The molecule has 0 aliphatic carbocycles. The molecule has 0 spiro atoms. The van der Waals surface area contributed by atoms with Crippen molar-refractivity contribution in [2.75, 3.05) is 20.2 Å². The Labute approximate surface area is 180 Å². The van der Waals surface area contributed by atoms with Gasteiger partial charge in [-0.05, 0) is 51.2 Å². The molecule has 0 aromatic carbocycles. The van der Waals surface area contributed by atoms with E-state index in [4.69, 9.17) is 9.16 Å². The quantitative estimate of drug-likeness (QED) is 0.414. The Morgan fingerprint density at radius 1 is 1.24 bits per heavy atom. The van der Waals surface area contributed by atoms with E-state index >= 15 is 0 Å². The first-order valence-corrected chi connectivity index (χ1v) is 14.2. The Morgan fingerprint density at radius 3 is 2.45 bits per heavy atom. The molecule has 0 bridgehead atoms. The third-order valence-corrected chi connectivity index (χ3v) is 10.9. The van der Waals surface area contributed by atoms with Crippen molar-refractivity contribution in [2.45, 2.75) is 97.6 Å². The maximum atomic E-state index is 12.5. The number of methoxy groups -OCH3 is 1. The molecule has 0 saturated carbocycles. The fourth-order valence-electron chi connectivity index (χ4n) is 3.51. The largest absolute Gasteiger partial charge is 0.410 e. The van der Waals surface area contributed by atoms with Crippen LogP contribution in [0.1, 0.15) is 67.2 Å². The molecule has 0 saturated heterocycles.